The Bertz CT molecular complexity index is 549. The predicted octanol–water partition coefficient (Wildman–Crippen LogP) is 3.94. The number of hydrogen-bond donors (Lipinski definition) is 0. The zero-order chi connectivity index (χ0) is 11.8. The SMILES string of the molecule is CSc1sc(-c2cncc(F)c2)nc1C1CC1. The molecule has 0 radical (unpaired) electrons. The van der Waals surface area contributed by atoms with E-state index in [1.165, 1.54) is 35.0 Å². The normalized spacial score (nSPS) is 15.2. The van der Waals surface area contributed by atoms with Crippen LogP contribution in [-0.2, 0) is 0 Å². The molecule has 5 heteroatoms. The smallest absolute Gasteiger partial charge is 0.142 e. The fourth-order valence-corrected chi connectivity index (χ4v) is 3.59. The first kappa shape index (κ1) is 11.2. The van der Waals surface area contributed by atoms with E-state index in [4.69, 9.17) is 0 Å². The average molecular weight is 266 g/mol. The van der Waals surface area contributed by atoms with Crippen molar-refractivity contribution in [1.29, 1.82) is 0 Å². The molecule has 1 aliphatic rings. The molecule has 1 fully saturated rings. The van der Waals surface area contributed by atoms with Crippen molar-refractivity contribution >= 4 is 23.1 Å². The van der Waals surface area contributed by atoms with Gasteiger partial charge in [-0.1, -0.05) is 0 Å². The highest BCUT2D eigenvalue weighted by Crippen LogP contribution is 2.46. The quantitative estimate of drug-likeness (QED) is 0.787. The average Bonchev–Trinajstić information content (AvgIpc) is 3.08. The van der Waals surface area contributed by atoms with Gasteiger partial charge in [-0.05, 0) is 25.2 Å². The van der Waals surface area contributed by atoms with Gasteiger partial charge in [-0.25, -0.2) is 9.37 Å². The molecule has 2 heterocycles. The van der Waals surface area contributed by atoms with Crippen molar-refractivity contribution in [3.63, 3.8) is 0 Å². The van der Waals surface area contributed by atoms with Gasteiger partial charge in [0.25, 0.3) is 0 Å². The summed E-state index contributed by atoms with van der Waals surface area (Å²) in [6.07, 6.45) is 7.42. The molecule has 0 bridgehead atoms. The van der Waals surface area contributed by atoms with Crippen molar-refractivity contribution in [3.05, 3.63) is 30.0 Å². The van der Waals surface area contributed by atoms with Crippen LogP contribution in [0.15, 0.2) is 22.7 Å². The molecule has 17 heavy (non-hydrogen) atoms. The first-order valence-corrected chi connectivity index (χ1v) is 7.47. The minimum atomic E-state index is -0.309. The highest BCUT2D eigenvalue weighted by molar-refractivity contribution is 8.00. The Morgan fingerprint density at radius 2 is 2.24 bits per heavy atom. The van der Waals surface area contributed by atoms with Gasteiger partial charge in [0, 0.05) is 17.7 Å². The Balaban J connectivity index is 2.03. The maximum Gasteiger partial charge on any atom is 0.142 e. The summed E-state index contributed by atoms with van der Waals surface area (Å²) in [7, 11) is 0. The van der Waals surface area contributed by atoms with Gasteiger partial charge in [0.15, 0.2) is 0 Å². The van der Waals surface area contributed by atoms with E-state index in [9.17, 15) is 4.39 Å². The lowest BCUT2D eigenvalue weighted by Crippen LogP contribution is -1.84. The summed E-state index contributed by atoms with van der Waals surface area (Å²) in [5.74, 6) is 0.320. The second-order valence-electron chi connectivity index (χ2n) is 4.06. The molecule has 0 saturated heterocycles. The van der Waals surface area contributed by atoms with E-state index in [1.54, 1.807) is 29.3 Å². The number of rotatable bonds is 3. The molecule has 0 amide bonds. The summed E-state index contributed by atoms with van der Waals surface area (Å²) in [6.45, 7) is 0. The lowest BCUT2D eigenvalue weighted by atomic mass is 10.3. The minimum Gasteiger partial charge on any atom is -0.261 e. The lowest BCUT2D eigenvalue weighted by molar-refractivity contribution is 0.622. The molecule has 1 saturated carbocycles. The maximum absolute atomic E-state index is 13.1. The second kappa shape index (κ2) is 4.38. The zero-order valence-corrected chi connectivity index (χ0v) is 10.9. The first-order chi connectivity index (χ1) is 8.28. The molecule has 2 aromatic rings. The van der Waals surface area contributed by atoms with Gasteiger partial charge in [0.05, 0.1) is 16.1 Å². The summed E-state index contributed by atoms with van der Waals surface area (Å²) in [5.41, 5.74) is 1.97. The summed E-state index contributed by atoms with van der Waals surface area (Å²) in [5, 5.41) is 0.878. The van der Waals surface area contributed by atoms with Crippen molar-refractivity contribution < 1.29 is 4.39 Å². The van der Waals surface area contributed by atoms with Gasteiger partial charge in [0.2, 0.25) is 0 Å². The standard InChI is InChI=1S/C12H11FN2S2/c1-16-12-10(7-2-3-7)15-11(17-12)8-4-9(13)6-14-5-8/h4-7H,2-3H2,1H3. The van der Waals surface area contributed by atoms with Crippen molar-refractivity contribution in [3.8, 4) is 10.6 Å². The molecule has 0 atom stereocenters. The van der Waals surface area contributed by atoms with E-state index < -0.39 is 0 Å². The molecular formula is C12H11FN2S2. The molecule has 2 nitrogen and oxygen atoms in total. The van der Waals surface area contributed by atoms with Gasteiger partial charge in [-0.3, -0.25) is 4.98 Å². The van der Waals surface area contributed by atoms with Crippen LogP contribution in [0.5, 0.6) is 0 Å². The Morgan fingerprint density at radius 3 is 2.88 bits per heavy atom. The van der Waals surface area contributed by atoms with E-state index in [1.807, 2.05) is 0 Å². The van der Waals surface area contributed by atoms with Crippen molar-refractivity contribution in [2.45, 2.75) is 23.0 Å². The molecule has 0 unspecified atom stereocenters. The molecule has 88 valence electrons. The number of halogens is 1. The van der Waals surface area contributed by atoms with Crippen LogP contribution in [0.2, 0.25) is 0 Å². The number of pyridine rings is 1. The zero-order valence-electron chi connectivity index (χ0n) is 9.31. The van der Waals surface area contributed by atoms with Crippen LogP contribution < -0.4 is 0 Å². The third-order valence-corrected chi connectivity index (χ3v) is 4.97. The third kappa shape index (κ3) is 2.21. The van der Waals surface area contributed by atoms with Crippen molar-refractivity contribution in [2.24, 2.45) is 0 Å². The van der Waals surface area contributed by atoms with E-state index in [-0.39, 0.29) is 5.82 Å². The second-order valence-corrected chi connectivity index (χ2v) is 6.14. The largest absolute Gasteiger partial charge is 0.261 e. The summed E-state index contributed by atoms with van der Waals surface area (Å²) >= 11 is 3.36. The highest BCUT2D eigenvalue weighted by Gasteiger charge is 2.29. The monoisotopic (exact) mass is 266 g/mol. The van der Waals surface area contributed by atoms with E-state index >= 15 is 0 Å². The Kier molecular flexibility index (Phi) is 2.88. The molecule has 0 spiro atoms. The number of aromatic nitrogens is 2. The highest BCUT2D eigenvalue weighted by atomic mass is 32.2. The van der Waals surface area contributed by atoms with E-state index in [2.05, 4.69) is 16.2 Å². The number of hydrogen-bond acceptors (Lipinski definition) is 4. The fourth-order valence-electron chi connectivity index (χ4n) is 1.73. The third-order valence-electron chi connectivity index (χ3n) is 2.72. The molecule has 0 N–H and O–H groups in total. The van der Waals surface area contributed by atoms with E-state index in [0.717, 1.165) is 10.6 Å². The van der Waals surface area contributed by atoms with Crippen LogP contribution in [0.25, 0.3) is 10.6 Å². The summed E-state index contributed by atoms with van der Waals surface area (Å²) in [4.78, 5) is 8.52. The van der Waals surface area contributed by atoms with Gasteiger partial charge in [-0.15, -0.1) is 23.1 Å². The first-order valence-electron chi connectivity index (χ1n) is 5.43. The summed E-state index contributed by atoms with van der Waals surface area (Å²) in [6, 6.07) is 1.49. The topological polar surface area (TPSA) is 25.8 Å². The minimum absolute atomic E-state index is 0.309. The van der Waals surface area contributed by atoms with Crippen LogP contribution in [0, 0.1) is 5.82 Å². The van der Waals surface area contributed by atoms with Gasteiger partial charge in [0.1, 0.15) is 10.8 Å². The molecule has 0 aliphatic heterocycles. The van der Waals surface area contributed by atoms with Crippen LogP contribution in [0.4, 0.5) is 4.39 Å². The summed E-state index contributed by atoms with van der Waals surface area (Å²) < 4.78 is 14.4. The molecular weight excluding hydrogens is 255 g/mol. The van der Waals surface area contributed by atoms with Gasteiger partial charge >= 0.3 is 0 Å². The number of thiazole rings is 1. The van der Waals surface area contributed by atoms with Crippen molar-refractivity contribution in [2.75, 3.05) is 6.26 Å². The molecule has 1 aliphatic carbocycles. The van der Waals surface area contributed by atoms with Crippen LogP contribution in [0.1, 0.15) is 24.5 Å². The Morgan fingerprint density at radius 1 is 1.41 bits per heavy atom. The van der Waals surface area contributed by atoms with Gasteiger partial charge < -0.3 is 0 Å². The molecule has 2 aromatic heterocycles. The predicted molar refractivity (Wildman–Crippen MR) is 69.1 cm³/mol. The van der Waals surface area contributed by atoms with E-state index in [0.29, 0.717) is 5.92 Å². The fraction of sp³-hybridized carbons (Fsp3) is 0.333. The number of nitrogens with zero attached hydrogens (tertiary/aromatic N) is 2. The van der Waals surface area contributed by atoms with Gasteiger partial charge in [-0.2, -0.15) is 0 Å². The van der Waals surface area contributed by atoms with Crippen LogP contribution in [0.3, 0.4) is 0 Å². The Labute approximate surface area is 107 Å². The Hall–Kier alpha value is -0.940. The van der Waals surface area contributed by atoms with Crippen LogP contribution in [-0.4, -0.2) is 16.2 Å². The van der Waals surface area contributed by atoms with Crippen LogP contribution >= 0.6 is 23.1 Å². The van der Waals surface area contributed by atoms with Crippen molar-refractivity contribution in [1.82, 2.24) is 9.97 Å². The number of thioether (sulfide) groups is 1. The molecule has 0 aromatic carbocycles. The maximum atomic E-state index is 13.1. The lowest BCUT2D eigenvalue weighted by Gasteiger charge is -1.94. The molecule has 3 rings (SSSR count).